The molecule has 3 aromatic rings. The van der Waals surface area contributed by atoms with Gasteiger partial charge in [-0.25, -0.2) is 9.37 Å². The lowest BCUT2D eigenvalue weighted by molar-refractivity contribution is 0.296. The summed E-state index contributed by atoms with van der Waals surface area (Å²) in [5, 5.41) is 3.38. The van der Waals surface area contributed by atoms with Gasteiger partial charge in [0.05, 0.1) is 6.61 Å². The average Bonchev–Trinajstić information content (AvgIpc) is 2.71. The normalized spacial score (nSPS) is 10.6. The molecule has 0 amide bonds. The van der Waals surface area contributed by atoms with Gasteiger partial charge >= 0.3 is 0 Å². The molecule has 0 radical (unpaired) electrons. The van der Waals surface area contributed by atoms with Crippen LogP contribution >= 0.6 is 0 Å². The zero-order valence-corrected chi connectivity index (χ0v) is 15.1. The van der Waals surface area contributed by atoms with E-state index in [0.29, 0.717) is 18.1 Å². The lowest BCUT2D eigenvalue weighted by atomic mass is 10.2. The van der Waals surface area contributed by atoms with Crippen molar-refractivity contribution in [1.29, 1.82) is 0 Å². The van der Waals surface area contributed by atoms with Crippen molar-refractivity contribution in [2.75, 3.05) is 13.2 Å². The van der Waals surface area contributed by atoms with Crippen LogP contribution in [0.4, 0.5) is 4.39 Å². The monoisotopic (exact) mass is 366 g/mol. The van der Waals surface area contributed by atoms with Gasteiger partial charge in [0, 0.05) is 24.4 Å². The Morgan fingerprint density at radius 3 is 2.67 bits per heavy atom. The fraction of sp³-hybridized carbons (Fsp3) is 0.227. The number of pyridine rings is 1. The van der Waals surface area contributed by atoms with Crippen molar-refractivity contribution >= 4 is 0 Å². The third kappa shape index (κ3) is 6.38. The van der Waals surface area contributed by atoms with Crippen molar-refractivity contribution in [3.8, 4) is 11.6 Å². The molecule has 3 rings (SSSR count). The van der Waals surface area contributed by atoms with Crippen molar-refractivity contribution in [2.24, 2.45) is 0 Å². The van der Waals surface area contributed by atoms with Crippen LogP contribution in [-0.4, -0.2) is 18.1 Å². The first-order valence-corrected chi connectivity index (χ1v) is 9.01. The Balaban J connectivity index is 1.37. The van der Waals surface area contributed by atoms with Gasteiger partial charge in [0.15, 0.2) is 0 Å². The van der Waals surface area contributed by atoms with Crippen molar-refractivity contribution in [3.05, 3.63) is 89.9 Å². The smallest absolute Gasteiger partial charge is 0.213 e. The van der Waals surface area contributed by atoms with E-state index >= 15 is 0 Å². The van der Waals surface area contributed by atoms with Crippen LogP contribution in [0, 0.1) is 5.82 Å². The fourth-order valence-corrected chi connectivity index (χ4v) is 2.56. The van der Waals surface area contributed by atoms with Crippen LogP contribution in [0.3, 0.4) is 0 Å². The molecular weight excluding hydrogens is 343 g/mol. The van der Waals surface area contributed by atoms with Gasteiger partial charge in [0.2, 0.25) is 5.88 Å². The third-order valence-electron chi connectivity index (χ3n) is 3.97. The number of nitrogens with one attached hydrogen (secondary N) is 1. The largest absolute Gasteiger partial charge is 0.489 e. The van der Waals surface area contributed by atoms with Gasteiger partial charge in [-0.05, 0) is 42.8 Å². The highest BCUT2D eigenvalue weighted by atomic mass is 19.1. The predicted molar refractivity (Wildman–Crippen MR) is 103 cm³/mol. The van der Waals surface area contributed by atoms with E-state index in [2.05, 4.69) is 10.3 Å². The zero-order valence-electron chi connectivity index (χ0n) is 15.1. The molecule has 0 saturated heterocycles. The molecule has 5 heteroatoms. The second-order valence-electron chi connectivity index (χ2n) is 6.07. The summed E-state index contributed by atoms with van der Waals surface area (Å²) in [4.78, 5) is 4.12. The number of halogens is 1. The Hall–Kier alpha value is -2.92. The standard InChI is InChI=1S/C22H23FN2O2/c23-21-10-2-1-8-19(21)17-27-20-9-5-7-18(15-20)16-24-12-6-14-26-22-11-3-4-13-25-22/h1-5,7-11,13,15,24H,6,12,14,16-17H2. The molecule has 0 unspecified atom stereocenters. The number of aromatic nitrogens is 1. The summed E-state index contributed by atoms with van der Waals surface area (Å²) in [6.45, 7) is 2.41. The molecule has 0 spiro atoms. The molecule has 0 aliphatic carbocycles. The second-order valence-corrected chi connectivity index (χ2v) is 6.07. The maximum atomic E-state index is 13.6. The van der Waals surface area contributed by atoms with Crippen molar-refractivity contribution < 1.29 is 13.9 Å². The van der Waals surface area contributed by atoms with Gasteiger partial charge in [0.25, 0.3) is 0 Å². The first kappa shape index (κ1) is 18.9. The number of ether oxygens (including phenoxy) is 2. The average molecular weight is 366 g/mol. The molecule has 140 valence electrons. The van der Waals surface area contributed by atoms with Gasteiger partial charge in [0.1, 0.15) is 18.2 Å². The molecule has 1 N–H and O–H groups in total. The third-order valence-corrected chi connectivity index (χ3v) is 3.97. The fourth-order valence-electron chi connectivity index (χ4n) is 2.56. The van der Waals surface area contributed by atoms with E-state index in [0.717, 1.165) is 30.8 Å². The summed E-state index contributed by atoms with van der Waals surface area (Å²) < 4.78 is 24.9. The molecule has 4 nitrogen and oxygen atoms in total. The van der Waals surface area contributed by atoms with Crippen LogP contribution < -0.4 is 14.8 Å². The van der Waals surface area contributed by atoms with Gasteiger partial charge in [-0.2, -0.15) is 0 Å². The van der Waals surface area contributed by atoms with E-state index in [1.807, 2.05) is 42.5 Å². The van der Waals surface area contributed by atoms with E-state index < -0.39 is 0 Å². The minimum atomic E-state index is -0.247. The van der Waals surface area contributed by atoms with Gasteiger partial charge in [-0.1, -0.05) is 36.4 Å². The highest BCUT2D eigenvalue weighted by Gasteiger charge is 2.03. The Labute approximate surface area is 159 Å². The second kappa shape index (κ2) is 10.3. The molecule has 0 atom stereocenters. The van der Waals surface area contributed by atoms with Crippen LogP contribution in [0.5, 0.6) is 11.6 Å². The molecule has 0 fully saturated rings. The van der Waals surface area contributed by atoms with Crippen molar-refractivity contribution in [2.45, 2.75) is 19.6 Å². The molecular formula is C22H23FN2O2. The molecule has 27 heavy (non-hydrogen) atoms. The Kier molecular flexibility index (Phi) is 7.18. The van der Waals surface area contributed by atoms with E-state index in [4.69, 9.17) is 9.47 Å². The Morgan fingerprint density at radius 1 is 0.926 bits per heavy atom. The van der Waals surface area contributed by atoms with Crippen LogP contribution in [0.2, 0.25) is 0 Å². The number of nitrogens with zero attached hydrogens (tertiary/aromatic N) is 1. The summed E-state index contributed by atoms with van der Waals surface area (Å²) >= 11 is 0. The van der Waals surface area contributed by atoms with Crippen molar-refractivity contribution in [1.82, 2.24) is 10.3 Å². The minimum absolute atomic E-state index is 0.217. The van der Waals surface area contributed by atoms with Crippen LogP contribution in [0.1, 0.15) is 17.5 Å². The number of hydrogen-bond acceptors (Lipinski definition) is 4. The highest BCUT2D eigenvalue weighted by Crippen LogP contribution is 2.16. The summed E-state index contributed by atoms with van der Waals surface area (Å²) in [5.74, 6) is 1.14. The molecule has 0 bridgehead atoms. The van der Waals surface area contributed by atoms with Crippen LogP contribution in [0.25, 0.3) is 0 Å². The summed E-state index contributed by atoms with van der Waals surface area (Å²) in [5.41, 5.74) is 1.67. The number of hydrogen-bond donors (Lipinski definition) is 1. The summed E-state index contributed by atoms with van der Waals surface area (Å²) in [7, 11) is 0. The lowest BCUT2D eigenvalue weighted by Crippen LogP contribution is -2.17. The van der Waals surface area contributed by atoms with E-state index in [1.54, 1.807) is 24.4 Å². The van der Waals surface area contributed by atoms with Gasteiger partial charge in [-0.3, -0.25) is 0 Å². The summed E-state index contributed by atoms with van der Waals surface area (Å²) in [6.07, 6.45) is 2.61. The quantitative estimate of drug-likeness (QED) is 0.542. The predicted octanol–water partition coefficient (Wildman–Crippen LogP) is 4.36. The topological polar surface area (TPSA) is 43.4 Å². The number of benzene rings is 2. The van der Waals surface area contributed by atoms with Gasteiger partial charge < -0.3 is 14.8 Å². The molecule has 1 aromatic heterocycles. The molecule has 0 aliphatic rings. The van der Waals surface area contributed by atoms with Crippen molar-refractivity contribution in [3.63, 3.8) is 0 Å². The highest BCUT2D eigenvalue weighted by molar-refractivity contribution is 5.29. The number of rotatable bonds is 10. The van der Waals surface area contributed by atoms with Gasteiger partial charge in [-0.15, -0.1) is 0 Å². The molecule has 0 saturated carbocycles. The van der Waals surface area contributed by atoms with E-state index in [9.17, 15) is 4.39 Å². The Morgan fingerprint density at radius 2 is 1.81 bits per heavy atom. The molecule has 1 heterocycles. The maximum Gasteiger partial charge on any atom is 0.213 e. The zero-order chi connectivity index (χ0) is 18.7. The van der Waals surface area contributed by atoms with Crippen LogP contribution in [-0.2, 0) is 13.2 Å². The first-order valence-electron chi connectivity index (χ1n) is 9.01. The SMILES string of the molecule is Fc1ccccc1COc1cccc(CNCCCOc2ccccn2)c1. The van der Waals surface area contributed by atoms with E-state index in [1.165, 1.54) is 6.07 Å². The van der Waals surface area contributed by atoms with E-state index in [-0.39, 0.29) is 12.4 Å². The first-order chi connectivity index (χ1) is 13.3. The molecule has 2 aromatic carbocycles. The minimum Gasteiger partial charge on any atom is -0.489 e. The maximum absolute atomic E-state index is 13.6. The summed E-state index contributed by atoms with van der Waals surface area (Å²) in [6, 6.07) is 20.1. The lowest BCUT2D eigenvalue weighted by Gasteiger charge is -2.10. The molecule has 0 aliphatic heterocycles. The Bertz CT molecular complexity index is 827. The van der Waals surface area contributed by atoms with Crippen LogP contribution in [0.15, 0.2) is 72.9 Å².